The Bertz CT molecular complexity index is 1170. The fourth-order valence-electron chi connectivity index (χ4n) is 3.35. The summed E-state index contributed by atoms with van der Waals surface area (Å²) in [6, 6.07) is 8.69. The molecule has 1 saturated heterocycles. The van der Waals surface area contributed by atoms with Crippen LogP contribution in [0.1, 0.15) is 42.4 Å². The molecule has 1 aliphatic heterocycles. The number of likely N-dealkylation sites (tertiary alicyclic amines) is 1. The molecule has 2 aromatic heterocycles. The minimum atomic E-state index is -3.72. The van der Waals surface area contributed by atoms with Crippen LogP contribution < -0.4 is 9.46 Å². The number of sulfonamides is 1. The van der Waals surface area contributed by atoms with Crippen LogP contribution in [0.25, 0.3) is 11.5 Å². The molecule has 11 heteroatoms. The van der Waals surface area contributed by atoms with E-state index in [1.165, 1.54) is 6.07 Å². The Hall–Kier alpha value is -2.76. The van der Waals surface area contributed by atoms with Gasteiger partial charge in [-0.3, -0.25) is 4.79 Å². The molecule has 9 nitrogen and oxygen atoms in total. The molecular formula is C21H24N4O5S2. The zero-order chi connectivity index (χ0) is 22.6. The summed E-state index contributed by atoms with van der Waals surface area (Å²) in [4.78, 5) is 14.2. The number of rotatable bonds is 8. The molecular weight excluding hydrogens is 452 g/mol. The zero-order valence-electron chi connectivity index (χ0n) is 17.6. The number of piperidine rings is 1. The van der Waals surface area contributed by atoms with E-state index >= 15 is 0 Å². The number of hydrogen-bond donors (Lipinski definition) is 1. The second-order valence-electron chi connectivity index (χ2n) is 7.32. The molecule has 0 aliphatic carbocycles. The van der Waals surface area contributed by atoms with Crippen molar-refractivity contribution in [2.75, 3.05) is 19.7 Å². The number of nitrogens with one attached hydrogen (secondary N) is 1. The summed E-state index contributed by atoms with van der Waals surface area (Å²) in [5.41, 5.74) is 1.27. The first-order chi connectivity index (χ1) is 15.5. The van der Waals surface area contributed by atoms with E-state index in [2.05, 4.69) is 14.9 Å². The van der Waals surface area contributed by atoms with Gasteiger partial charge in [-0.15, -0.1) is 21.5 Å². The van der Waals surface area contributed by atoms with E-state index in [1.807, 2.05) is 19.1 Å². The summed E-state index contributed by atoms with van der Waals surface area (Å²) >= 11 is 1.05. The molecule has 1 N–H and O–H groups in total. The lowest BCUT2D eigenvalue weighted by atomic mass is 10.1. The van der Waals surface area contributed by atoms with Crippen molar-refractivity contribution >= 4 is 27.3 Å². The lowest BCUT2D eigenvalue weighted by Crippen LogP contribution is -2.35. The maximum Gasteiger partial charge on any atom is 0.311 e. The molecule has 32 heavy (non-hydrogen) atoms. The van der Waals surface area contributed by atoms with Gasteiger partial charge in [0.2, 0.25) is 15.9 Å². The van der Waals surface area contributed by atoms with Gasteiger partial charge in [-0.05, 0) is 49.9 Å². The van der Waals surface area contributed by atoms with E-state index < -0.39 is 10.0 Å². The number of ether oxygens (including phenoxy) is 1. The quantitative estimate of drug-likeness (QED) is 0.530. The van der Waals surface area contributed by atoms with E-state index in [0.717, 1.165) is 41.9 Å². The monoisotopic (exact) mass is 476 g/mol. The summed E-state index contributed by atoms with van der Waals surface area (Å²) in [6.45, 7) is 3.98. The minimum Gasteiger partial charge on any atom is -0.494 e. The SMILES string of the molecule is CCOc1ccc(CNS(=O)(=O)c2cc(-c3nnc(C(=O)N4CCCCC4)o3)cs2)cc1. The van der Waals surface area contributed by atoms with Gasteiger partial charge in [0, 0.05) is 25.0 Å². The molecule has 4 rings (SSSR count). The molecule has 170 valence electrons. The number of hydrogen-bond acceptors (Lipinski definition) is 8. The number of benzene rings is 1. The lowest BCUT2D eigenvalue weighted by Gasteiger charge is -2.24. The van der Waals surface area contributed by atoms with Crippen molar-refractivity contribution in [3.05, 3.63) is 47.2 Å². The smallest absolute Gasteiger partial charge is 0.311 e. The second-order valence-corrected chi connectivity index (χ2v) is 10.2. The van der Waals surface area contributed by atoms with Gasteiger partial charge in [-0.2, -0.15) is 0 Å². The summed E-state index contributed by atoms with van der Waals surface area (Å²) in [5.74, 6) is 0.490. The Labute approximate surface area is 190 Å². The first-order valence-corrected chi connectivity index (χ1v) is 12.8. The van der Waals surface area contributed by atoms with Crippen molar-refractivity contribution in [3.8, 4) is 17.2 Å². The molecule has 0 spiro atoms. The summed E-state index contributed by atoms with van der Waals surface area (Å²) in [7, 11) is -3.72. The molecule has 0 unspecified atom stereocenters. The van der Waals surface area contributed by atoms with Crippen molar-refractivity contribution in [2.24, 2.45) is 0 Å². The highest BCUT2D eigenvalue weighted by atomic mass is 32.2. The van der Waals surface area contributed by atoms with Crippen LogP contribution in [-0.2, 0) is 16.6 Å². The van der Waals surface area contributed by atoms with Gasteiger partial charge in [0.25, 0.3) is 0 Å². The first kappa shape index (κ1) is 22.4. The van der Waals surface area contributed by atoms with Crippen molar-refractivity contribution in [1.29, 1.82) is 0 Å². The molecule has 0 saturated carbocycles. The fourth-order valence-corrected chi connectivity index (χ4v) is 5.56. The van der Waals surface area contributed by atoms with Crippen LogP contribution in [0.5, 0.6) is 5.75 Å². The highest BCUT2D eigenvalue weighted by molar-refractivity contribution is 7.91. The molecule has 1 amide bonds. The van der Waals surface area contributed by atoms with Crippen LogP contribution in [0.15, 0.2) is 44.3 Å². The molecule has 0 bridgehead atoms. The molecule has 0 radical (unpaired) electrons. The molecule has 3 aromatic rings. The summed E-state index contributed by atoms with van der Waals surface area (Å²) in [6.07, 6.45) is 3.03. The standard InChI is InChI=1S/C21H24N4O5S2/c1-2-29-17-8-6-15(7-9-17)13-22-32(27,28)18-12-16(14-31-18)19-23-24-20(30-19)21(26)25-10-4-3-5-11-25/h6-9,12,14,22H,2-5,10-11,13H2,1H3. The van der Waals surface area contributed by atoms with Gasteiger partial charge < -0.3 is 14.1 Å². The predicted octanol–water partition coefficient (Wildman–Crippen LogP) is 3.30. The van der Waals surface area contributed by atoms with Crippen molar-refractivity contribution in [2.45, 2.75) is 36.9 Å². The Morgan fingerprint density at radius 3 is 2.66 bits per heavy atom. The van der Waals surface area contributed by atoms with Crippen LogP contribution in [0.2, 0.25) is 0 Å². The van der Waals surface area contributed by atoms with Gasteiger partial charge in [-0.1, -0.05) is 12.1 Å². The van der Waals surface area contributed by atoms with E-state index in [4.69, 9.17) is 9.15 Å². The van der Waals surface area contributed by atoms with Gasteiger partial charge in [-0.25, -0.2) is 13.1 Å². The van der Waals surface area contributed by atoms with Gasteiger partial charge >= 0.3 is 11.8 Å². The number of thiophene rings is 1. The largest absolute Gasteiger partial charge is 0.494 e. The second kappa shape index (κ2) is 9.80. The van der Waals surface area contributed by atoms with Crippen molar-refractivity contribution in [1.82, 2.24) is 19.8 Å². The third-order valence-corrected chi connectivity index (χ3v) is 7.88. The average Bonchev–Trinajstić information content (AvgIpc) is 3.49. The maximum absolute atomic E-state index is 12.7. The lowest BCUT2D eigenvalue weighted by molar-refractivity contribution is 0.0684. The Balaban J connectivity index is 1.41. The van der Waals surface area contributed by atoms with Crippen molar-refractivity contribution < 1.29 is 22.4 Å². The molecule has 0 atom stereocenters. The van der Waals surface area contributed by atoms with Gasteiger partial charge in [0.05, 0.1) is 12.2 Å². The fraction of sp³-hybridized carbons (Fsp3) is 0.381. The predicted molar refractivity (Wildman–Crippen MR) is 119 cm³/mol. The average molecular weight is 477 g/mol. The normalized spacial score (nSPS) is 14.5. The van der Waals surface area contributed by atoms with Crippen LogP contribution in [0, 0.1) is 0 Å². The van der Waals surface area contributed by atoms with Crippen molar-refractivity contribution in [3.63, 3.8) is 0 Å². The minimum absolute atomic E-state index is 0.0777. The number of amides is 1. The molecule has 1 aliphatic rings. The number of aromatic nitrogens is 2. The van der Waals surface area contributed by atoms with Crippen LogP contribution >= 0.6 is 11.3 Å². The zero-order valence-corrected chi connectivity index (χ0v) is 19.2. The van der Waals surface area contributed by atoms with E-state index in [0.29, 0.717) is 25.3 Å². The van der Waals surface area contributed by atoms with E-state index in [9.17, 15) is 13.2 Å². The maximum atomic E-state index is 12.7. The summed E-state index contributed by atoms with van der Waals surface area (Å²) < 4.78 is 39.0. The Morgan fingerprint density at radius 2 is 1.94 bits per heavy atom. The van der Waals surface area contributed by atoms with Crippen LogP contribution in [-0.4, -0.2) is 49.1 Å². The number of nitrogens with zero attached hydrogens (tertiary/aromatic N) is 3. The van der Waals surface area contributed by atoms with E-state index in [-0.39, 0.29) is 28.4 Å². The number of carbonyl (C=O) groups is 1. The molecule has 3 heterocycles. The topological polar surface area (TPSA) is 115 Å². The summed E-state index contributed by atoms with van der Waals surface area (Å²) in [5, 5.41) is 9.41. The molecule has 1 fully saturated rings. The van der Waals surface area contributed by atoms with Crippen LogP contribution in [0.3, 0.4) is 0 Å². The molecule has 1 aromatic carbocycles. The highest BCUT2D eigenvalue weighted by Gasteiger charge is 2.25. The third-order valence-electron chi connectivity index (χ3n) is 5.04. The van der Waals surface area contributed by atoms with Gasteiger partial charge in [0.15, 0.2) is 0 Å². The van der Waals surface area contributed by atoms with Gasteiger partial charge in [0.1, 0.15) is 9.96 Å². The van der Waals surface area contributed by atoms with E-state index in [1.54, 1.807) is 22.4 Å². The third kappa shape index (κ3) is 5.17. The first-order valence-electron chi connectivity index (χ1n) is 10.4. The Kier molecular flexibility index (Phi) is 6.87. The van der Waals surface area contributed by atoms with Crippen LogP contribution in [0.4, 0.5) is 0 Å². The Morgan fingerprint density at radius 1 is 1.19 bits per heavy atom. The highest BCUT2D eigenvalue weighted by Crippen LogP contribution is 2.28. The number of carbonyl (C=O) groups excluding carboxylic acids is 1.